The molecule has 1 spiro atoms. The number of rotatable bonds is 2. The summed E-state index contributed by atoms with van der Waals surface area (Å²) in [5.74, 6) is 0.179. The third kappa shape index (κ3) is 2.93. The van der Waals surface area contributed by atoms with Crippen molar-refractivity contribution in [2.75, 3.05) is 4.90 Å². The molecule has 0 N–H and O–H groups in total. The van der Waals surface area contributed by atoms with E-state index in [-0.39, 0.29) is 5.92 Å². The van der Waals surface area contributed by atoms with Crippen molar-refractivity contribution in [2.24, 2.45) is 0 Å². The van der Waals surface area contributed by atoms with Gasteiger partial charge in [-0.05, 0) is 74.3 Å². The molecule has 0 saturated heterocycles. The van der Waals surface area contributed by atoms with Gasteiger partial charge in [0.2, 0.25) is 0 Å². The van der Waals surface area contributed by atoms with E-state index in [1.54, 1.807) is 0 Å². The summed E-state index contributed by atoms with van der Waals surface area (Å²) in [5, 5.41) is 2.67. The fourth-order valence-corrected chi connectivity index (χ4v) is 12.4. The van der Waals surface area contributed by atoms with Crippen LogP contribution in [0.15, 0.2) is 164 Å². The van der Waals surface area contributed by atoms with E-state index in [0.29, 0.717) is 0 Å². The molecule has 2 nitrogen and oxygen atoms in total. The number of hydrogen-bond acceptors (Lipinski definition) is 2. The lowest BCUT2D eigenvalue weighted by Gasteiger charge is -2.57. The molecule has 0 radical (unpaired) electrons. The van der Waals surface area contributed by atoms with Crippen LogP contribution in [-0.4, -0.2) is 0 Å². The van der Waals surface area contributed by atoms with Crippen molar-refractivity contribution in [3.05, 3.63) is 203 Å². The SMILES string of the molecule is O=P1(c2ccc(-c3ccccc3)cc2)c2ccccc2N2c3cccc4c3C3(c5ccccc5C4c4ccccc43)c3cccc1c32. The van der Waals surface area contributed by atoms with Gasteiger partial charge in [0.05, 0.1) is 22.5 Å². The summed E-state index contributed by atoms with van der Waals surface area (Å²) in [6.45, 7) is 0. The molecule has 1 atom stereocenters. The van der Waals surface area contributed by atoms with E-state index in [2.05, 4.69) is 157 Å². The molecule has 0 amide bonds. The number of fused-ring (bicyclic) bond motifs is 3. The number of benzene rings is 7. The standard InChI is InChI=1S/C44H28NOP/c46-47(30-26-24-29(25-27-30)28-12-2-1-3-13-28)39-22-9-8-20-37(39)45-38-21-10-16-33-41-31-14-4-6-17-34(31)44(42(33)38,35-18-7-5-15-32(35)41)36-19-11-23-40(47)43(36)45/h1-27,41H. The van der Waals surface area contributed by atoms with Gasteiger partial charge in [0.25, 0.3) is 0 Å². The minimum absolute atomic E-state index is 0.179. The molecule has 7 aromatic carbocycles. The molecule has 0 aromatic heterocycles. The van der Waals surface area contributed by atoms with Crippen LogP contribution in [0.1, 0.15) is 44.9 Å². The van der Waals surface area contributed by atoms with Crippen molar-refractivity contribution < 1.29 is 4.57 Å². The molecule has 3 aliphatic carbocycles. The quantitative estimate of drug-likeness (QED) is 0.180. The zero-order valence-corrected chi connectivity index (χ0v) is 26.4. The maximum Gasteiger partial charge on any atom is 0.175 e. The Hall–Kier alpha value is -5.43. The summed E-state index contributed by atoms with van der Waals surface area (Å²) < 4.78 is 16.2. The lowest BCUT2D eigenvalue weighted by Crippen LogP contribution is -2.49. The lowest BCUT2D eigenvalue weighted by atomic mass is 9.49. The summed E-state index contributed by atoms with van der Waals surface area (Å²) in [6, 6.07) is 58.7. The third-order valence-electron chi connectivity index (χ3n) is 11.1. The molecule has 47 heavy (non-hydrogen) atoms. The van der Waals surface area contributed by atoms with E-state index in [4.69, 9.17) is 0 Å². The first-order valence-electron chi connectivity index (χ1n) is 16.3. The Kier molecular flexibility index (Phi) is 4.86. The average molecular weight is 618 g/mol. The van der Waals surface area contributed by atoms with Gasteiger partial charge < -0.3 is 9.46 Å². The van der Waals surface area contributed by atoms with Gasteiger partial charge in [-0.3, -0.25) is 0 Å². The second kappa shape index (κ2) is 8.88. The zero-order valence-electron chi connectivity index (χ0n) is 25.5. The summed E-state index contributed by atoms with van der Waals surface area (Å²) in [7, 11) is -3.28. The number of para-hydroxylation sites is 2. The Morgan fingerprint density at radius 1 is 0.468 bits per heavy atom. The minimum atomic E-state index is -3.28. The molecule has 0 fully saturated rings. The summed E-state index contributed by atoms with van der Waals surface area (Å²) in [5.41, 5.74) is 14.4. The average Bonchev–Trinajstić information content (AvgIpc) is 3.15. The van der Waals surface area contributed by atoms with Crippen LogP contribution in [0.5, 0.6) is 0 Å². The predicted molar refractivity (Wildman–Crippen MR) is 192 cm³/mol. The van der Waals surface area contributed by atoms with E-state index < -0.39 is 12.6 Å². The van der Waals surface area contributed by atoms with Crippen molar-refractivity contribution in [1.82, 2.24) is 0 Å². The van der Waals surface area contributed by atoms with Crippen LogP contribution in [0.3, 0.4) is 0 Å². The third-order valence-corrected chi connectivity index (χ3v) is 14.3. The Bertz CT molecular complexity index is 2470. The Labute approximate surface area is 274 Å². The zero-order chi connectivity index (χ0) is 30.9. The maximum atomic E-state index is 16.2. The number of hydrogen-bond donors (Lipinski definition) is 0. The van der Waals surface area contributed by atoms with Crippen molar-refractivity contribution >= 4 is 40.1 Å². The Balaban J connectivity index is 1.26. The highest BCUT2D eigenvalue weighted by atomic mass is 31.2. The van der Waals surface area contributed by atoms with Crippen LogP contribution in [0.4, 0.5) is 17.1 Å². The second-order valence-electron chi connectivity index (χ2n) is 13.1. The van der Waals surface area contributed by atoms with E-state index in [1.165, 1.54) is 44.6 Å². The molecule has 220 valence electrons. The molecule has 2 aliphatic heterocycles. The van der Waals surface area contributed by atoms with Crippen molar-refractivity contribution in [3.63, 3.8) is 0 Å². The van der Waals surface area contributed by atoms with Gasteiger partial charge in [0.15, 0.2) is 7.14 Å². The van der Waals surface area contributed by atoms with E-state index in [0.717, 1.165) is 38.4 Å². The van der Waals surface area contributed by atoms with E-state index in [1.807, 2.05) is 12.1 Å². The van der Waals surface area contributed by atoms with Gasteiger partial charge in [-0.15, -0.1) is 0 Å². The van der Waals surface area contributed by atoms with Crippen LogP contribution in [-0.2, 0) is 9.98 Å². The topological polar surface area (TPSA) is 20.3 Å². The van der Waals surface area contributed by atoms with Gasteiger partial charge >= 0.3 is 0 Å². The number of anilines is 3. The van der Waals surface area contributed by atoms with E-state index in [9.17, 15) is 0 Å². The van der Waals surface area contributed by atoms with E-state index >= 15 is 4.57 Å². The van der Waals surface area contributed by atoms with Gasteiger partial charge in [-0.25, -0.2) is 0 Å². The molecule has 2 bridgehead atoms. The highest BCUT2D eigenvalue weighted by molar-refractivity contribution is 7.86. The van der Waals surface area contributed by atoms with Crippen molar-refractivity contribution in [1.29, 1.82) is 0 Å². The fourth-order valence-electron chi connectivity index (χ4n) is 9.43. The molecule has 2 heterocycles. The van der Waals surface area contributed by atoms with Crippen LogP contribution in [0, 0.1) is 0 Å². The number of nitrogens with zero attached hydrogens (tertiary/aromatic N) is 1. The summed E-state index contributed by atoms with van der Waals surface area (Å²) in [4.78, 5) is 2.44. The summed E-state index contributed by atoms with van der Waals surface area (Å²) >= 11 is 0. The first kappa shape index (κ1) is 25.7. The molecule has 0 saturated carbocycles. The first-order chi connectivity index (χ1) is 23.2. The molecule has 12 rings (SSSR count). The van der Waals surface area contributed by atoms with Crippen molar-refractivity contribution in [2.45, 2.75) is 11.3 Å². The van der Waals surface area contributed by atoms with Crippen LogP contribution in [0.2, 0.25) is 0 Å². The predicted octanol–water partition coefficient (Wildman–Crippen LogP) is 9.28. The maximum absolute atomic E-state index is 16.2. The molecular formula is C44H28NOP. The monoisotopic (exact) mass is 617 g/mol. The Morgan fingerprint density at radius 3 is 1.79 bits per heavy atom. The van der Waals surface area contributed by atoms with Gasteiger partial charge in [-0.2, -0.15) is 0 Å². The van der Waals surface area contributed by atoms with Crippen LogP contribution < -0.4 is 20.8 Å². The second-order valence-corrected chi connectivity index (χ2v) is 15.8. The van der Waals surface area contributed by atoms with Crippen molar-refractivity contribution in [3.8, 4) is 11.1 Å². The molecule has 7 aromatic rings. The summed E-state index contributed by atoms with van der Waals surface area (Å²) in [6.07, 6.45) is 0. The highest BCUT2D eigenvalue weighted by Crippen LogP contribution is 2.69. The molecule has 5 aliphatic rings. The molecular weight excluding hydrogens is 589 g/mol. The normalized spacial score (nSPS) is 21.6. The van der Waals surface area contributed by atoms with Crippen LogP contribution >= 0.6 is 7.14 Å². The Morgan fingerprint density at radius 2 is 1.02 bits per heavy atom. The fraction of sp³-hybridized carbons (Fsp3) is 0.0455. The van der Waals surface area contributed by atoms with Crippen LogP contribution in [0.25, 0.3) is 11.1 Å². The first-order valence-corrected chi connectivity index (χ1v) is 18.0. The largest absolute Gasteiger partial charge is 0.308 e. The minimum Gasteiger partial charge on any atom is -0.308 e. The molecule has 3 heteroatoms. The van der Waals surface area contributed by atoms with Gasteiger partial charge in [-0.1, -0.05) is 140 Å². The van der Waals surface area contributed by atoms with Gasteiger partial charge in [0.1, 0.15) is 0 Å². The lowest BCUT2D eigenvalue weighted by molar-refractivity contribution is 0.591. The smallest absolute Gasteiger partial charge is 0.175 e. The highest BCUT2D eigenvalue weighted by Gasteiger charge is 2.59. The van der Waals surface area contributed by atoms with Gasteiger partial charge in [0, 0.05) is 21.8 Å². The molecule has 1 unspecified atom stereocenters.